The van der Waals surface area contributed by atoms with Gasteiger partial charge in [0.1, 0.15) is 0 Å². The second-order valence-electron chi connectivity index (χ2n) is 5.34. The molecule has 1 aromatic carbocycles. The van der Waals surface area contributed by atoms with Crippen LogP contribution in [0.2, 0.25) is 0 Å². The van der Waals surface area contributed by atoms with E-state index in [9.17, 15) is 18.0 Å². The first-order chi connectivity index (χ1) is 11.9. The maximum absolute atomic E-state index is 12.7. The van der Waals surface area contributed by atoms with Crippen molar-refractivity contribution < 1.29 is 27.5 Å². The smallest absolute Gasteiger partial charge is 0.339 e. The zero-order valence-electron chi connectivity index (χ0n) is 14.4. The fraction of sp³-hybridized carbons (Fsp3) is 0.375. The van der Waals surface area contributed by atoms with Gasteiger partial charge >= 0.3 is 11.9 Å². The summed E-state index contributed by atoms with van der Waals surface area (Å²) in [6.45, 7) is 1.59. The number of esters is 2. The molecule has 26 heavy (non-hydrogen) atoms. The Hall–Kier alpha value is -1.94. The van der Waals surface area contributed by atoms with Crippen molar-refractivity contribution in [3.05, 3.63) is 41.0 Å². The normalized spacial score (nSPS) is 14.0. The highest BCUT2D eigenvalue weighted by Crippen LogP contribution is 2.20. The standard InChI is InChI=1S/C16H20N2O6S.ClH/c1-23-15(19)12-3-4-13(16(20)24-2)14(9-12)25(21,22)18-10-11-5-7-17-8-6-11;/h3-5,9,17-18H,6-8,10H2,1-2H3;1H. The van der Waals surface area contributed by atoms with E-state index >= 15 is 0 Å². The van der Waals surface area contributed by atoms with Gasteiger partial charge in [-0.2, -0.15) is 0 Å². The Labute approximate surface area is 158 Å². The Morgan fingerprint density at radius 3 is 2.46 bits per heavy atom. The highest BCUT2D eigenvalue weighted by Gasteiger charge is 2.25. The third-order valence-electron chi connectivity index (χ3n) is 3.74. The van der Waals surface area contributed by atoms with Crippen LogP contribution in [0.15, 0.2) is 34.7 Å². The number of carbonyl (C=O) groups excluding carboxylic acids is 2. The number of carbonyl (C=O) groups is 2. The number of ether oxygens (including phenoxy) is 2. The minimum atomic E-state index is -4.03. The second-order valence-corrected chi connectivity index (χ2v) is 7.07. The molecule has 2 N–H and O–H groups in total. The lowest BCUT2D eigenvalue weighted by Crippen LogP contribution is -2.31. The molecule has 0 spiro atoms. The molecule has 2 rings (SSSR count). The van der Waals surface area contributed by atoms with Crippen LogP contribution in [0.1, 0.15) is 27.1 Å². The molecule has 0 saturated carbocycles. The quantitative estimate of drug-likeness (QED) is 0.534. The molecule has 144 valence electrons. The van der Waals surface area contributed by atoms with Gasteiger partial charge in [0.2, 0.25) is 10.0 Å². The molecule has 0 saturated heterocycles. The van der Waals surface area contributed by atoms with Crippen molar-refractivity contribution in [2.75, 3.05) is 33.9 Å². The number of benzene rings is 1. The third-order valence-corrected chi connectivity index (χ3v) is 5.19. The van der Waals surface area contributed by atoms with E-state index in [4.69, 9.17) is 0 Å². The van der Waals surface area contributed by atoms with Crippen LogP contribution in [0, 0.1) is 0 Å². The molecule has 1 aliphatic rings. The zero-order chi connectivity index (χ0) is 18.4. The SMILES string of the molecule is COC(=O)c1ccc(C(=O)OC)c(S(=O)(=O)NCC2=CCNCC2)c1.Cl. The first-order valence-electron chi connectivity index (χ1n) is 7.58. The molecule has 0 radical (unpaired) electrons. The van der Waals surface area contributed by atoms with Crippen LogP contribution >= 0.6 is 12.4 Å². The molecule has 10 heteroatoms. The van der Waals surface area contributed by atoms with Gasteiger partial charge in [0.05, 0.1) is 30.2 Å². The Bertz CT molecular complexity index is 807. The summed E-state index contributed by atoms with van der Waals surface area (Å²) < 4.78 is 37.0. The fourth-order valence-electron chi connectivity index (χ4n) is 2.36. The average molecular weight is 405 g/mol. The van der Waals surface area contributed by atoms with Crippen LogP contribution in [-0.2, 0) is 19.5 Å². The van der Waals surface area contributed by atoms with Crippen LogP contribution in [0.4, 0.5) is 0 Å². The van der Waals surface area contributed by atoms with Gasteiger partial charge in [0.25, 0.3) is 0 Å². The monoisotopic (exact) mass is 404 g/mol. The molecule has 0 unspecified atom stereocenters. The van der Waals surface area contributed by atoms with Crippen molar-refractivity contribution in [1.82, 2.24) is 10.0 Å². The summed E-state index contributed by atoms with van der Waals surface area (Å²) in [5.41, 5.74) is 0.824. The number of methoxy groups -OCH3 is 2. The maximum Gasteiger partial charge on any atom is 0.339 e. The molecular formula is C16H21ClN2O6S. The lowest BCUT2D eigenvalue weighted by molar-refractivity contribution is 0.0583. The van der Waals surface area contributed by atoms with Crippen molar-refractivity contribution >= 4 is 34.4 Å². The van der Waals surface area contributed by atoms with Gasteiger partial charge in [0, 0.05) is 13.1 Å². The first-order valence-corrected chi connectivity index (χ1v) is 9.06. The summed E-state index contributed by atoms with van der Waals surface area (Å²) in [5.74, 6) is -1.51. The number of nitrogens with one attached hydrogen (secondary N) is 2. The van der Waals surface area contributed by atoms with Crippen LogP contribution in [-0.4, -0.2) is 54.2 Å². The minimum Gasteiger partial charge on any atom is -0.465 e. The molecule has 0 aromatic heterocycles. The van der Waals surface area contributed by atoms with Gasteiger partial charge in [-0.15, -0.1) is 12.4 Å². The zero-order valence-corrected chi connectivity index (χ0v) is 16.0. The molecule has 0 aliphatic carbocycles. The predicted molar refractivity (Wildman–Crippen MR) is 97.1 cm³/mol. The van der Waals surface area contributed by atoms with E-state index < -0.39 is 22.0 Å². The Morgan fingerprint density at radius 1 is 1.19 bits per heavy atom. The van der Waals surface area contributed by atoms with Crippen LogP contribution < -0.4 is 10.0 Å². The van der Waals surface area contributed by atoms with Crippen molar-refractivity contribution in [2.24, 2.45) is 0 Å². The van der Waals surface area contributed by atoms with E-state index in [1.165, 1.54) is 19.2 Å². The van der Waals surface area contributed by atoms with Crippen molar-refractivity contribution in [1.29, 1.82) is 0 Å². The van der Waals surface area contributed by atoms with E-state index in [2.05, 4.69) is 19.5 Å². The summed E-state index contributed by atoms with van der Waals surface area (Å²) in [4.78, 5) is 23.2. The highest BCUT2D eigenvalue weighted by atomic mass is 35.5. The summed E-state index contributed by atoms with van der Waals surface area (Å²) >= 11 is 0. The predicted octanol–water partition coefficient (Wildman–Crippen LogP) is 0.880. The second kappa shape index (κ2) is 9.67. The van der Waals surface area contributed by atoms with Gasteiger partial charge in [-0.1, -0.05) is 11.6 Å². The molecule has 1 heterocycles. The van der Waals surface area contributed by atoms with E-state index in [1.807, 2.05) is 6.08 Å². The van der Waals surface area contributed by atoms with Gasteiger partial charge in [-0.05, 0) is 31.2 Å². The molecule has 0 amide bonds. The molecule has 8 nitrogen and oxygen atoms in total. The first kappa shape index (κ1) is 22.1. The van der Waals surface area contributed by atoms with Crippen LogP contribution in [0.5, 0.6) is 0 Å². The molecule has 0 fully saturated rings. The third kappa shape index (κ3) is 5.28. The van der Waals surface area contributed by atoms with Crippen molar-refractivity contribution in [2.45, 2.75) is 11.3 Å². The Kier molecular flexibility index (Phi) is 8.22. The van der Waals surface area contributed by atoms with E-state index in [-0.39, 0.29) is 35.0 Å². The Morgan fingerprint density at radius 2 is 1.88 bits per heavy atom. The molecule has 1 aromatic rings. The van der Waals surface area contributed by atoms with Gasteiger partial charge in [-0.3, -0.25) is 0 Å². The number of hydrogen-bond donors (Lipinski definition) is 2. The maximum atomic E-state index is 12.7. The number of halogens is 1. The highest BCUT2D eigenvalue weighted by molar-refractivity contribution is 7.89. The number of hydrogen-bond acceptors (Lipinski definition) is 7. The van der Waals surface area contributed by atoms with E-state index in [0.29, 0.717) is 6.54 Å². The van der Waals surface area contributed by atoms with Crippen molar-refractivity contribution in [3.63, 3.8) is 0 Å². The van der Waals surface area contributed by atoms with Crippen LogP contribution in [0.25, 0.3) is 0 Å². The summed E-state index contributed by atoms with van der Waals surface area (Å²) in [7, 11) is -1.69. The molecular weight excluding hydrogens is 384 g/mol. The van der Waals surface area contributed by atoms with Gasteiger partial charge in [0.15, 0.2) is 0 Å². The number of rotatable bonds is 6. The molecule has 0 bridgehead atoms. The van der Waals surface area contributed by atoms with Crippen molar-refractivity contribution in [3.8, 4) is 0 Å². The molecule has 0 atom stereocenters. The topological polar surface area (TPSA) is 111 Å². The lowest BCUT2D eigenvalue weighted by atomic mass is 10.1. The summed E-state index contributed by atoms with van der Waals surface area (Å²) in [6.07, 6.45) is 2.65. The fourth-order valence-corrected chi connectivity index (χ4v) is 3.62. The number of sulfonamides is 1. The summed E-state index contributed by atoms with van der Waals surface area (Å²) in [5, 5.41) is 3.14. The average Bonchev–Trinajstić information content (AvgIpc) is 2.65. The van der Waals surface area contributed by atoms with Crippen LogP contribution in [0.3, 0.4) is 0 Å². The van der Waals surface area contributed by atoms with E-state index in [0.717, 1.165) is 31.7 Å². The summed E-state index contributed by atoms with van der Waals surface area (Å²) in [6, 6.07) is 3.65. The Balaban J connectivity index is 0.00000338. The largest absolute Gasteiger partial charge is 0.465 e. The molecule has 1 aliphatic heterocycles. The lowest BCUT2D eigenvalue weighted by Gasteiger charge is -2.16. The van der Waals surface area contributed by atoms with Gasteiger partial charge < -0.3 is 14.8 Å². The van der Waals surface area contributed by atoms with E-state index in [1.54, 1.807) is 0 Å². The minimum absolute atomic E-state index is 0. The van der Waals surface area contributed by atoms with Gasteiger partial charge in [-0.25, -0.2) is 22.7 Å².